The SMILES string of the molecule is OC(CNN1CCCCC1)COCc1ccccc1F. The molecule has 1 saturated heterocycles. The fourth-order valence-corrected chi connectivity index (χ4v) is 2.27. The highest BCUT2D eigenvalue weighted by molar-refractivity contribution is 5.16. The molecule has 1 aliphatic heterocycles. The van der Waals surface area contributed by atoms with Gasteiger partial charge < -0.3 is 9.84 Å². The molecular formula is C15H23FN2O2. The number of halogens is 1. The summed E-state index contributed by atoms with van der Waals surface area (Å²) >= 11 is 0. The van der Waals surface area contributed by atoms with Crippen LogP contribution in [0.4, 0.5) is 4.39 Å². The van der Waals surface area contributed by atoms with Gasteiger partial charge >= 0.3 is 0 Å². The molecule has 0 aliphatic carbocycles. The quantitative estimate of drug-likeness (QED) is 0.799. The molecule has 4 nitrogen and oxygen atoms in total. The van der Waals surface area contributed by atoms with Gasteiger partial charge in [0.2, 0.25) is 0 Å². The maximum absolute atomic E-state index is 13.3. The van der Waals surface area contributed by atoms with Crippen molar-refractivity contribution in [2.24, 2.45) is 0 Å². The molecule has 1 fully saturated rings. The number of piperidine rings is 1. The summed E-state index contributed by atoms with van der Waals surface area (Å²) in [6.45, 7) is 2.92. The number of aliphatic hydroxyl groups excluding tert-OH is 1. The van der Waals surface area contributed by atoms with Crippen LogP contribution < -0.4 is 5.43 Å². The topological polar surface area (TPSA) is 44.7 Å². The number of nitrogens with zero attached hydrogens (tertiary/aromatic N) is 1. The van der Waals surface area contributed by atoms with Gasteiger partial charge in [-0.3, -0.25) is 5.43 Å². The van der Waals surface area contributed by atoms with Gasteiger partial charge in [0, 0.05) is 25.2 Å². The predicted octanol–water partition coefficient (Wildman–Crippen LogP) is 1.69. The lowest BCUT2D eigenvalue weighted by molar-refractivity contribution is 0.0139. The second kappa shape index (κ2) is 8.32. The van der Waals surface area contributed by atoms with Crippen LogP contribution in [0, 0.1) is 5.82 Å². The van der Waals surface area contributed by atoms with Crippen molar-refractivity contribution in [1.82, 2.24) is 10.4 Å². The van der Waals surface area contributed by atoms with Crippen LogP contribution in [-0.4, -0.2) is 42.5 Å². The van der Waals surface area contributed by atoms with E-state index in [2.05, 4.69) is 10.4 Å². The third kappa shape index (κ3) is 5.17. The van der Waals surface area contributed by atoms with Crippen LogP contribution in [0.3, 0.4) is 0 Å². The molecule has 1 aromatic rings. The zero-order chi connectivity index (χ0) is 14.2. The molecule has 0 radical (unpaired) electrons. The highest BCUT2D eigenvalue weighted by Crippen LogP contribution is 2.08. The van der Waals surface area contributed by atoms with E-state index in [0.717, 1.165) is 13.1 Å². The van der Waals surface area contributed by atoms with E-state index in [0.29, 0.717) is 12.1 Å². The number of aliphatic hydroxyl groups is 1. The molecular weight excluding hydrogens is 259 g/mol. The van der Waals surface area contributed by atoms with Crippen LogP contribution in [0.25, 0.3) is 0 Å². The van der Waals surface area contributed by atoms with Gasteiger partial charge in [-0.15, -0.1) is 0 Å². The fraction of sp³-hybridized carbons (Fsp3) is 0.600. The van der Waals surface area contributed by atoms with E-state index < -0.39 is 6.10 Å². The van der Waals surface area contributed by atoms with Crippen molar-refractivity contribution in [2.45, 2.75) is 32.0 Å². The number of hydrogen-bond donors (Lipinski definition) is 2. The monoisotopic (exact) mass is 282 g/mol. The Kier molecular flexibility index (Phi) is 6.39. The Balaban J connectivity index is 1.60. The average Bonchev–Trinajstić information content (AvgIpc) is 2.48. The van der Waals surface area contributed by atoms with E-state index >= 15 is 0 Å². The van der Waals surface area contributed by atoms with E-state index in [1.165, 1.54) is 25.3 Å². The highest BCUT2D eigenvalue weighted by atomic mass is 19.1. The summed E-state index contributed by atoms with van der Waals surface area (Å²) in [5, 5.41) is 12.0. The Morgan fingerprint density at radius 1 is 1.25 bits per heavy atom. The maximum atomic E-state index is 13.3. The smallest absolute Gasteiger partial charge is 0.128 e. The molecule has 0 amide bonds. The minimum absolute atomic E-state index is 0.188. The summed E-state index contributed by atoms with van der Waals surface area (Å²) < 4.78 is 18.7. The zero-order valence-corrected chi connectivity index (χ0v) is 11.7. The molecule has 1 heterocycles. The van der Waals surface area contributed by atoms with Gasteiger partial charge in [0.05, 0.1) is 19.3 Å². The molecule has 0 saturated carbocycles. The fourth-order valence-electron chi connectivity index (χ4n) is 2.27. The molecule has 0 aromatic heterocycles. The van der Waals surface area contributed by atoms with Crippen LogP contribution in [0.15, 0.2) is 24.3 Å². The summed E-state index contributed by atoms with van der Waals surface area (Å²) in [4.78, 5) is 0. The second-order valence-corrected chi connectivity index (χ2v) is 5.17. The van der Waals surface area contributed by atoms with E-state index in [4.69, 9.17) is 4.74 Å². The van der Waals surface area contributed by atoms with E-state index in [9.17, 15) is 9.50 Å². The Labute approximate surface area is 119 Å². The third-order valence-corrected chi connectivity index (χ3v) is 3.43. The average molecular weight is 282 g/mol. The number of hydrogen-bond acceptors (Lipinski definition) is 4. The van der Waals surface area contributed by atoms with Gasteiger partial charge in [0.25, 0.3) is 0 Å². The van der Waals surface area contributed by atoms with Gasteiger partial charge in [-0.25, -0.2) is 9.40 Å². The summed E-state index contributed by atoms with van der Waals surface area (Å²) in [5.41, 5.74) is 3.73. The van der Waals surface area contributed by atoms with Gasteiger partial charge in [-0.2, -0.15) is 0 Å². The molecule has 20 heavy (non-hydrogen) atoms. The van der Waals surface area contributed by atoms with Gasteiger partial charge in [-0.05, 0) is 18.9 Å². The number of ether oxygens (including phenoxy) is 1. The summed E-state index contributed by atoms with van der Waals surface area (Å²) in [6.07, 6.45) is 3.11. The second-order valence-electron chi connectivity index (χ2n) is 5.17. The lowest BCUT2D eigenvalue weighted by Gasteiger charge is -2.28. The summed E-state index contributed by atoms with van der Waals surface area (Å²) in [5.74, 6) is -0.270. The molecule has 2 rings (SSSR count). The van der Waals surface area contributed by atoms with Gasteiger partial charge in [0.15, 0.2) is 0 Å². The molecule has 112 valence electrons. The number of benzene rings is 1. The van der Waals surface area contributed by atoms with Crippen molar-refractivity contribution in [3.8, 4) is 0 Å². The van der Waals surface area contributed by atoms with Gasteiger partial charge in [0.1, 0.15) is 5.82 Å². The van der Waals surface area contributed by atoms with E-state index in [1.54, 1.807) is 18.2 Å². The van der Waals surface area contributed by atoms with Crippen molar-refractivity contribution in [2.75, 3.05) is 26.2 Å². The molecule has 2 N–H and O–H groups in total. The van der Waals surface area contributed by atoms with E-state index in [-0.39, 0.29) is 19.0 Å². The molecule has 0 bridgehead atoms. The number of nitrogens with one attached hydrogen (secondary N) is 1. The molecule has 1 atom stereocenters. The summed E-state index contributed by atoms with van der Waals surface area (Å²) in [6, 6.07) is 6.52. The standard InChI is InChI=1S/C15H23FN2O2/c16-15-7-3-2-6-13(15)11-20-12-14(19)10-17-18-8-4-1-5-9-18/h2-3,6-7,14,17,19H,1,4-5,8-12H2. The van der Waals surface area contributed by atoms with Crippen molar-refractivity contribution in [3.63, 3.8) is 0 Å². The van der Waals surface area contributed by atoms with Crippen molar-refractivity contribution in [3.05, 3.63) is 35.6 Å². The summed E-state index contributed by atoms with van der Waals surface area (Å²) in [7, 11) is 0. The lowest BCUT2D eigenvalue weighted by atomic mass is 10.2. The first-order chi connectivity index (χ1) is 9.75. The highest BCUT2D eigenvalue weighted by Gasteiger charge is 2.12. The first-order valence-electron chi connectivity index (χ1n) is 7.23. The van der Waals surface area contributed by atoms with Crippen molar-refractivity contribution in [1.29, 1.82) is 0 Å². The first-order valence-corrected chi connectivity index (χ1v) is 7.23. The molecule has 1 aliphatic rings. The normalized spacial score (nSPS) is 18.1. The van der Waals surface area contributed by atoms with Crippen LogP contribution in [0.5, 0.6) is 0 Å². The first kappa shape index (κ1) is 15.4. The largest absolute Gasteiger partial charge is 0.389 e. The predicted molar refractivity (Wildman–Crippen MR) is 75.5 cm³/mol. The number of hydrazine groups is 1. The number of rotatable bonds is 7. The van der Waals surface area contributed by atoms with Crippen LogP contribution in [0.2, 0.25) is 0 Å². The zero-order valence-electron chi connectivity index (χ0n) is 11.7. The maximum Gasteiger partial charge on any atom is 0.128 e. The third-order valence-electron chi connectivity index (χ3n) is 3.43. The minimum Gasteiger partial charge on any atom is -0.389 e. The Hall–Kier alpha value is -1.01. The Morgan fingerprint density at radius 3 is 2.75 bits per heavy atom. The molecule has 5 heteroatoms. The molecule has 1 unspecified atom stereocenters. The Bertz CT molecular complexity index is 397. The van der Waals surface area contributed by atoms with Crippen LogP contribution in [0.1, 0.15) is 24.8 Å². The minimum atomic E-state index is -0.580. The van der Waals surface area contributed by atoms with Crippen LogP contribution >= 0.6 is 0 Å². The Morgan fingerprint density at radius 2 is 2.00 bits per heavy atom. The van der Waals surface area contributed by atoms with Crippen molar-refractivity contribution < 1.29 is 14.2 Å². The molecule has 0 spiro atoms. The molecule has 1 aromatic carbocycles. The van der Waals surface area contributed by atoms with Crippen molar-refractivity contribution >= 4 is 0 Å². The lowest BCUT2D eigenvalue weighted by Crippen LogP contribution is -2.45. The van der Waals surface area contributed by atoms with Gasteiger partial charge in [-0.1, -0.05) is 24.6 Å². The van der Waals surface area contributed by atoms with E-state index in [1.807, 2.05) is 0 Å². The van der Waals surface area contributed by atoms with Crippen LogP contribution in [-0.2, 0) is 11.3 Å².